The summed E-state index contributed by atoms with van der Waals surface area (Å²) in [4.78, 5) is 4.69. The Labute approximate surface area is 86.7 Å². The fourth-order valence-corrected chi connectivity index (χ4v) is 1.89. The van der Waals surface area contributed by atoms with Gasteiger partial charge in [0.05, 0.1) is 6.61 Å². The van der Waals surface area contributed by atoms with Crippen LogP contribution in [0.15, 0.2) is 0 Å². The van der Waals surface area contributed by atoms with Crippen molar-refractivity contribution in [2.75, 3.05) is 45.9 Å². The van der Waals surface area contributed by atoms with E-state index in [0.717, 1.165) is 39.3 Å². The van der Waals surface area contributed by atoms with Crippen LogP contribution in [0, 0.1) is 0 Å². The molecule has 0 aliphatic carbocycles. The minimum absolute atomic E-state index is 0.0981. The third kappa shape index (κ3) is 4.37. The predicted molar refractivity (Wildman–Crippen MR) is 58.2 cm³/mol. The first kappa shape index (κ1) is 11.9. The van der Waals surface area contributed by atoms with Gasteiger partial charge in [-0.1, -0.05) is 0 Å². The molecular weight excluding hydrogens is 178 g/mol. The Morgan fingerprint density at radius 2 is 1.64 bits per heavy atom. The van der Waals surface area contributed by atoms with Gasteiger partial charge in [-0.3, -0.25) is 9.80 Å². The molecule has 1 saturated heterocycles. The topological polar surface area (TPSA) is 52.7 Å². The molecule has 0 aromatic carbocycles. The molecule has 0 spiro atoms. The van der Waals surface area contributed by atoms with E-state index in [1.54, 1.807) is 0 Å². The van der Waals surface area contributed by atoms with Crippen molar-refractivity contribution < 1.29 is 5.11 Å². The molecule has 1 aliphatic heterocycles. The van der Waals surface area contributed by atoms with E-state index in [4.69, 9.17) is 10.8 Å². The van der Waals surface area contributed by atoms with Gasteiger partial charge in [0.1, 0.15) is 0 Å². The van der Waals surface area contributed by atoms with Crippen LogP contribution in [-0.2, 0) is 0 Å². The van der Waals surface area contributed by atoms with E-state index in [1.807, 2.05) is 0 Å². The fourth-order valence-electron chi connectivity index (χ4n) is 1.89. The number of hydrogen-bond acceptors (Lipinski definition) is 4. The van der Waals surface area contributed by atoms with Crippen LogP contribution in [-0.4, -0.2) is 66.3 Å². The molecule has 4 heteroatoms. The van der Waals surface area contributed by atoms with Gasteiger partial charge in [-0.2, -0.15) is 0 Å². The highest BCUT2D eigenvalue weighted by Gasteiger charge is 2.21. The molecule has 1 rings (SSSR count). The SMILES string of the molecule is CC(C)(N)CN1CCN(CCO)CC1. The zero-order chi connectivity index (χ0) is 10.6. The highest BCUT2D eigenvalue weighted by molar-refractivity contribution is 4.80. The number of hydrogen-bond donors (Lipinski definition) is 2. The second-order valence-corrected chi connectivity index (χ2v) is 4.83. The normalized spacial score (nSPS) is 21.4. The summed E-state index contributed by atoms with van der Waals surface area (Å²) in [5.41, 5.74) is 5.87. The average molecular weight is 201 g/mol. The van der Waals surface area contributed by atoms with Crippen LogP contribution in [0.25, 0.3) is 0 Å². The molecule has 0 amide bonds. The summed E-state index contributed by atoms with van der Waals surface area (Å²) in [5.74, 6) is 0. The van der Waals surface area contributed by atoms with Crippen LogP contribution in [0.1, 0.15) is 13.8 Å². The van der Waals surface area contributed by atoms with Crippen LogP contribution in [0.4, 0.5) is 0 Å². The number of nitrogens with two attached hydrogens (primary N) is 1. The standard InChI is InChI=1S/C10H23N3O/c1-10(2,11)9-13-5-3-12(4-6-13)7-8-14/h14H,3-9,11H2,1-2H3. The van der Waals surface area contributed by atoms with Crippen LogP contribution in [0.3, 0.4) is 0 Å². The van der Waals surface area contributed by atoms with Crippen molar-refractivity contribution in [3.8, 4) is 0 Å². The minimum atomic E-state index is -0.0981. The average Bonchev–Trinajstić information content (AvgIpc) is 2.06. The van der Waals surface area contributed by atoms with Gasteiger partial charge in [0.25, 0.3) is 0 Å². The fraction of sp³-hybridized carbons (Fsp3) is 1.00. The summed E-state index contributed by atoms with van der Waals surface area (Å²) in [6.45, 7) is 10.4. The molecular formula is C10H23N3O. The highest BCUT2D eigenvalue weighted by atomic mass is 16.3. The molecule has 0 atom stereocenters. The van der Waals surface area contributed by atoms with E-state index in [-0.39, 0.29) is 12.1 Å². The first-order chi connectivity index (χ1) is 6.51. The molecule has 0 unspecified atom stereocenters. The summed E-state index contributed by atoms with van der Waals surface area (Å²) in [5, 5.41) is 8.80. The monoisotopic (exact) mass is 201 g/mol. The van der Waals surface area contributed by atoms with E-state index in [1.165, 1.54) is 0 Å². The van der Waals surface area contributed by atoms with Crippen molar-refractivity contribution in [3.63, 3.8) is 0 Å². The van der Waals surface area contributed by atoms with Crippen LogP contribution >= 0.6 is 0 Å². The molecule has 0 aromatic rings. The molecule has 0 radical (unpaired) electrons. The Kier molecular flexibility index (Phi) is 4.31. The summed E-state index contributed by atoms with van der Waals surface area (Å²) in [6.07, 6.45) is 0. The number of aliphatic hydroxyl groups is 1. The molecule has 84 valence electrons. The summed E-state index contributed by atoms with van der Waals surface area (Å²) in [6, 6.07) is 0. The number of rotatable bonds is 4. The van der Waals surface area contributed by atoms with E-state index in [2.05, 4.69) is 23.6 Å². The summed E-state index contributed by atoms with van der Waals surface area (Å²) in [7, 11) is 0. The molecule has 3 N–H and O–H groups in total. The maximum atomic E-state index is 8.80. The van der Waals surface area contributed by atoms with Gasteiger partial charge in [-0.05, 0) is 13.8 Å². The number of β-amino-alcohol motifs (C(OH)–C–C–N with tert-alkyl or cyclic N) is 1. The van der Waals surface area contributed by atoms with Crippen molar-refractivity contribution in [3.05, 3.63) is 0 Å². The van der Waals surface area contributed by atoms with Crippen LogP contribution in [0.5, 0.6) is 0 Å². The predicted octanol–water partition coefficient (Wildman–Crippen LogP) is -0.666. The Hall–Kier alpha value is -0.160. The highest BCUT2D eigenvalue weighted by Crippen LogP contribution is 2.06. The van der Waals surface area contributed by atoms with E-state index < -0.39 is 0 Å². The third-order valence-corrected chi connectivity index (χ3v) is 2.51. The second-order valence-electron chi connectivity index (χ2n) is 4.83. The first-order valence-corrected chi connectivity index (χ1v) is 5.36. The van der Waals surface area contributed by atoms with Gasteiger partial charge in [0.2, 0.25) is 0 Å². The molecule has 1 aliphatic rings. The first-order valence-electron chi connectivity index (χ1n) is 5.36. The maximum absolute atomic E-state index is 8.80. The van der Waals surface area contributed by atoms with Gasteiger partial charge in [-0.15, -0.1) is 0 Å². The van der Waals surface area contributed by atoms with E-state index in [9.17, 15) is 0 Å². The second kappa shape index (κ2) is 5.07. The zero-order valence-corrected chi connectivity index (χ0v) is 9.37. The minimum Gasteiger partial charge on any atom is -0.395 e. The molecule has 0 saturated carbocycles. The van der Waals surface area contributed by atoms with Crippen molar-refractivity contribution in [2.24, 2.45) is 5.73 Å². The van der Waals surface area contributed by atoms with Crippen LogP contribution in [0.2, 0.25) is 0 Å². The molecule has 0 bridgehead atoms. The van der Waals surface area contributed by atoms with E-state index >= 15 is 0 Å². The smallest absolute Gasteiger partial charge is 0.0558 e. The Morgan fingerprint density at radius 3 is 2.07 bits per heavy atom. The lowest BCUT2D eigenvalue weighted by Crippen LogP contribution is -2.53. The number of aliphatic hydroxyl groups excluding tert-OH is 1. The van der Waals surface area contributed by atoms with Crippen LogP contribution < -0.4 is 5.73 Å². The molecule has 4 nitrogen and oxygen atoms in total. The Balaban J connectivity index is 2.22. The molecule has 1 fully saturated rings. The zero-order valence-electron chi connectivity index (χ0n) is 9.37. The van der Waals surface area contributed by atoms with Gasteiger partial charge < -0.3 is 10.8 Å². The summed E-state index contributed by atoms with van der Waals surface area (Å²) >= 11 is 0. The quantitative estimate of drug-likeness (QED) is 0.634. The Morgan fingerprint density at radius 1 is 1.14 bits per heavy atom. The lowest BCUT2D eigenvalue weighted by atomic mass is 10.1. The van der Waals surface area contributed by atoms with Crippen molar-refractivity contribution in [1.82, 2.24) is 9.80 Å². The lowest BCUT2D eigenvalue weighted by Gasteiger charge is -2.37. The molecule has 14 heavy (non-hydrogen) atoms. The largest absolute Gasteiger partial charge is 0.395 e. The summed E-state index contributed by atoms with van der Waals surface area (Å²) < 4.78 is 0. The van der Waals surface area contributed by atoms with Crippen molar-refractivity contribution in [1.29, 1.82) is 0 Å². The van der Waals surface area contributed by atoms with Gasteiger partial charge in [0.15, 0.2) is 0 Å². The van der Waals surface area contributed by atoms with Crippen molar-refractivity contribution in [2.45, 2.75) is 19.4 Å². The van der Waals surface area contributed by atoms with Gasteiger partial charge >= 0.3 is 0 Å². The van der Waals surface area contributed by atoms with Crippen molar-refractivity contribution >= 4 is 0 Å². The molecule has 1 heterocycles. The lowest BCUT2D eigenvalue weighted by molar-refractivity contribution is 0.101. The van der Waals surface area contributed by atoms with E-state index in [0.29, 0.717) is 0 Å². The van der Waals surface area contributed by atoms with Gasteiger partial charge in [-0.25, -0.2) is 0 Å². The number of piperazine rings is 1. The van der Waals surface area contributed by atoms with Gasteiger partial charge in [0, 0.05) is 44.8 Å². The molecule has 0 aromatic heterocycles. The number of nitrogens with zero attached hydrogens (tertiary/aromatic N) is 2. The third-order valence-electron chi connectivity index (χ3n) is 2.51. The maximum Gasteiger partial charge on any atom is 0.0558 e. The Bertz CT molecular complexity index is 159.